The number of benzene rings is 1. The molecule has 0 fully saturated rings. The van der Waals surface area contributed by atoms with Gasteiger partial charge in [-0.15, -0.1) is 11.3 Å². The summed E-state index contributed by atoms with van der Waals surface area (Å²) in [6.45, 7) is 4.35. The molecule has 0 bridgehead atoms. The third kappa shape index (κ3) is 2.91. The largest absolute Gasteiger partial charge is 0.324 e. The molecule has 0 saturated carbocycles. The minimum absolute atomic E-state index is 0.0188. The fourth-order valence-electron chi connectivity index (χ4n) is 2.65. The van der Waals surface area contributed by atoms with Gasteiger partial charge < -0.3 is 5.32 Å². The predicted molar refractivity (Wildman–Crippen MR) is 90.5 cm³/mol. The molecule has 2 N–H and O–H groups in total. The summed E-state index contributed by atoms with van der Waals surface area (Å²) in [5.74, 6) is 0.429. The molecule has 2 unspecified atom stereocenters. The maximum Gasteiger partial charge on any atom is 0.246 e. The van der Waals surface area contributed by atoms with Crippen LogP contribution >= 0.6 is 27.3 Å². The zero-order valence-corrected chi connectivity index (χ0v) is 14.3. The number of fused-ring (bicyclic) bond motifs is 1. The van der Waals surface area contributed by atoms with E-state index in [1.807, 2.05) is 18.2 Å². The van der Waals surface area contributed by atoms with E-state index in [9.17, 15) is 4.79 Å². The van der Waals surface area contributed by atoms with Crippen molar-refractivity contribution in [3.05, 3.63) is 50.6 Å². The van der Waals surface area contributed by atoms with E-state index in [0.29, 0.717) is 5.92 Å². The summed E-state index contributed by atoms with van der Waals surface area (Å²) in [6, 6.07) is 9.94. The van der Waals surface area contributed by atoms with Gasteiger partial charge in [0.2, 0.25) is 5.91 Å². The Bertz CT molecular complexity index is 654. The van der Waals surface area contributed by atoms with Gasteiger partial charge in [0, 0.05) is 26.6 Å². The van der Waals surface area contributed by atoms with Crippen molar-refractivity contribution in [1.82, 2.24) is 5.32 Å². The zero-order valence-electron chi connectivity index (χ0n) is 11.9. The van der Waals surface area contributed by atoms with Crippen LogP contribution in [0.1, 0.15) is 36.4 Å². The lowest BCUT2D eigenvalue weighted by Gasteiger charge is -2.24. The second kappa shape index (κ2) is 5.91. The van der Waals surface area contributed by atoms with Crippen LogP contribution in [-0.4, -0.2) is 5.91 Å². The number of carbonyl (C=O) groups is 1. The van der Waals surface area contributed by atoms with E-state index in [1.165, 1.54) is 4.88 Å². The molecule has 0 saturated heterocycles. The van der Waals surface area contributed by atoms with E-state index in [2.05, 4.69) is 57.9 Å². The quantitative estimate of drug-likeness (QED) is 0.838. The van der Waals surface area contributed by atoms with Crippen molar-refractivity contribution in [2.45, 2.75) is 25.9 Å². The van der Waals surface area contributed by atoms with Gasteiger partial charge in [-0.3, -0.25) is 10.1 Å². The Morgan fingerprint density at radius 1 is 1.33 bits per heavy atom. The summed E-state index contributed by atoms with van der Waals surface area (Å²) in [7, 11) is 0. The number of amides is 1. The Balaban J connectivity index is 1.90. The van der Waals surface area contributed by atoms with Crippen LogP contribution in [0.4, 0.5) is 5.69 Å². The van der Waals surface area contributed by atoms with Crippen molar-refractivity contribution in [3.8, 4) is 0 Å². The summed E-state index contributed by atoms with van der Waals surface area (Å²) in [4.78, 5) is 13.5. The first-order chi connectivity index (χ1) is 10.1. The molecule has 1 amide bonds. The van der Waals surface area contributed by atoms with Crippen LogP contribution in [0.25, 0.3) is 0 Å². The molecule has 21 heavy (non-hydrogen) atoms. The van der Waals surface area contributed by atoms with Gasteiger partial charge >= 0.3 is 0 Å². The monoisotopic (exact) mass is 364 g/mol. The smallest absolute Gasteiger partial charge is 0.246 e. The normalized spacial score (nSPS) is 18.7. The lowest BCUT2D eigenvalue weighted by molar-refractivity contribution is -0.117. The summed E-state index contributed by atoms with van der Waals surface area (Å²) >= 11 is 5.21. The number of carbonyl (C=O) groups excluding carboxylic acids is 1. The van der Waals surface area contributed by atoms with E-state index in [0.717, 1.165) is 15.7 Å². The molecule has 1 aromatic carbocycles. The summed E-state index contributed by atoms with van der Waals surface area (Å²) in [6.07, 6.45) is 0. The Hall–Kier alpha value is -1.17. The number of halogens is 1. The molecular weight excluding hydrogens is 348 g/mol. The summed E-state index contributed by atoms with van der Waals surface area (Å²) in [5.41, 5.74) is 1.91. The van der Waals surface area contributed by atoms with Gasteiger partial charge in [0.25, 0.3) is 0 Å². The minimum Gasteiger partial charge on any atom is -0.324 e. The highest BCUT2D eigenvalue weighted by Crippen LogP contribution is 2.36. The van der Waals surface area contributed by atoms with E-state index < -0.39 is 0 Å². The minimum atomic E-state index is -0.299. The SMILES string of the molecule is CC(C)C(NC1C(=O)Nc2ccc(Br)cc21)c1cccs1. The van der Waals surface area contributed by atoms with Crippen molar-refractivity contribution in [1.29, 1.82) is 0 Å². The fraction of sp³-hybridized carbons (Fsp3) is 0.312. The van der Waals surface area contributed by atoms with Gasteiger partial charge in [-0.2, -0.15) is 0 Å². The van der Waals surface area contributed by atoms with E-state index >= 15 is 0 Å². The third-order valence-electron chi connectivity index (χ3n) is 3.71. The van der Waals surface area contributed by atoms with Crippen molar-refractivity contribution in [2.24, 2.45) is 5.92 Å². The number of anilines is 1. The number of hydrogen-bond donors (Lipinski definition) is 2. The predicted octanol–water partition coefficient (Wildman–Crippen LogP) is 4.49. The van der Waals surface area contributed by atoms with Crippen molar-refractivity contribution < 1.29 is 4.79 Å². The average molecular weight is 365 g/mol. The van der Waals surface area contributed by atoms with Crippen LogP contribution in [0.3, 0.4) is 0 Å². The molecule has 3 rings (SSSR count). The van der Waals surface area contributed by atoms with Crippen LogP contribution in [-0.2, 0) is 4.79 Å². The highest BCUT2D eigenvalue weighted by atomic mass is 79.9. The first kappa shape index (κ1) is 14.8. The van der Waals surface area contributed by atoms with Crippen LogP contribution in [0.2, 0.25) is 0 Å². The molecular formula is C16H17BrN2OS. The van der Waals surface area contributed by atoms with Gasteiger partial charge in [-0.25, -0.2) is 0 Å². The molecule has 2 aromatic rings. The van der Waals surface area contributed by atoms with Crippen LogP contribution < -0.4 is 10.6 Å². The number of rotatable bonds is 4. The fourth-order valence-corrected chi connectivity index (χ4v) is 3.99. The first-order valence-electron chi connectivity index (χ1n) is 6.96. The van der Waals surface area contributed by atoms with Gasteiger partial charge in [-0.1, -0.05) is 35.8 Å². The Morgan fingerprint density at radius 3 is 2.81 bits per heavy atom. The van der Waals surface area contributed by atoms with Gasteiger partial charge in [0.05, 0.1) is 0 Å². The zero-order chi connectivity index (χ0) is 15.0. The van der Waals surface area contributed by atoms with Crippen LogP contribution in [0.5, 0.6) is 0 Å². The average Bonchev–Trinajstić information content (AvgIpc) is 3.04. The molecule has 2 heterocycles. The molecule has 1 aliphatic rings. The third-order valence-corrected chi connectivity index (χ3v) is 5.16. The standard InChI is InChI=1S/C16H17BrN2OS/c1-9(2)14(13-4-3-7-21-13)19-15-11-8-10(17)5-6-12(11)18-16(15)20/h3-9,14-15,19H,1-2H3,(H,18,20). The maximum atomic E-state index is 12.3. The number of nitrogens with one attached hydrogen (secondary N) is 2. The van der Waals surface area contributed by atoms with Crippen LogP contribution in [0, 0.1) is 5.92 Å². The van der Waals surface area contributed by atoms with E-state index in [1.54, 1.807) is 11.3 Å². The lowest BCUT2D eigenvalue weighted by atomic mass is 9.99. The van der Waals surface area contributed by atoms with Gasteiger partial charge in [0.1, 0.15) is 6.04 Å². The molecule has 0 spiro atoms. The second-order valence-electron chi connectivity index (χ2n) is 5.56. The second-order valence-corrected chi connectivity index (χ2v) is 7.45. The van der Waals surface area contributed by atoms with E-state index in [-0.39, 0.29) is 18.0 Å². The van der Waals surface area contributed by atoms with Crippen molar-refractivity contribution in [3.63, 3.8) is 0 Å². The maximum absolute atomic E-state index is 12.3. The molecule has 5 heteroatoms. The highest BCUT2D eigenvalue weighted by Gasteiger charge is 2.33. The van der Waals surface area contributed by atoms with Gasteiger partial charge in [0.15, 0.2) is 0 Å². The molecule has 0 aliphatic carbocycles. The lowest BCUT2D eigenvalue weighted by Crippen LogP contribution is -2.33. The molecule has 0 radical (unpaired) electrons. The molecule has 2 atom stereocenters. The molecule has 1 aliphatic heterocycles. The highest BCUT2D eigenvalue weighted by molar-refractivity contribution is 9.10. The van der Waals surface area contributed by atoms with Crippen LogP contribution in [0.15, 0.2) is 40.2 Å². The topological polar surface area (TPSA) is 41.1 Å². The Kier molecular flexibility index (Phi) is 4.15. The number of hydrogen-bond acceptors (Lipinski definition) is 3. The van der Waals surface area contributed by atoms with Gasteiger partial charge in [-0.05, 0) is 35.6 Å². The molecule has 3 nitrogen and oxygen atoms in total. The molecule has 1 aromatic heterocycles. The number of thiophene rings is 1. The summed E-state index contributed by atoms with van der Waals surface area (Å²) in [5, 5.41) is 8.55. The van der Waals surface area contributed by atoms with Crippen molar-refractivity contribution in [2.75, 3.05) is 5.32 Å². The summed E-state index contributed by atoms with van der Waals surface area (Å²) < 4.78 is 0.988. The van der Waals surface area contributed by atoms with Crippen molar-refractivity contribution >= 4 is 38.9 Å². The Labute approximate surface area is 136 Å². The Morgan fingerprint density at radius 2 is 2.14 bits per heavy atom. The first-order valence-corrected chi connectivity index (χ1v) is 8.63. The molecule has 110 valence electrons. The van der Waals surface area contributed by atoms with E-state index in [4.69, 9.17) is 0 Å².